The highest BCUT2D eigenvalue weighted by molar-refractivity contribution is 5.88. The van der Waals surface area contributed by atoms with Crippen molar-refractivity contribution in [1.82, 2.24) is 14.9 Å². The number of nitrogens with one attached hydrogen (secondary N) is 1. The van der Waals surface area contributed by atoms with Crippen molar-refractivity contribution in [3.8, 4) is 5.75 Å². The fourth-order valence-corrected chi connectivity index (χ4v) is 4.97. The fraction of sp³-hybridized carbons (Fsp3) is 0.414. The van der Waals surface area contributed by atoms with Gasteiger partial charge in [-0.1, -0.05) is 37.6 Å². The first-order valence-corrected chi connectivity index (χ1v) is 12.9. The first-order chi connectivity index (χ1) is 18.3. The zero-order valence-electron chi connectivity index (χ0n) is 21.9. The summed E-state index contributed by atoms with van der Waals surface area (Å²) in [5.74, 6) is -1.76. The van der Waals surface area contributed by atoms with E-state index in [0.29, 0.717) is 31.9 Å². The Hall–Kier alpha value is -3.72. The van der Waals surface area contributed by atoms with Crippen LogP contribution in [0.5, 0.6) is 5.75 Å². The van der Waals surface area contributed by atoms with E-state index in [-0.39, 0.29) is 18.1 Å². The van der Waals surface area contributed by atoms with Crippen molar-refractivity contribution in [1.29, 1.82) is 0 Å². The average molecular weight is 523 g/mol. The summed E-state index contributed by atoms with van der Waals surface area (Å²) in [4.78, 5) is 35.4. The van der Waals surface area contributed by atoms with Gasteiger partial charge < -0.3 is 25.1 Å². The Morgan fingerprint density at radius 1 is 1.11 bits per heavy atom. The molecular formula is C29H35FN4O4. The predicted octanol–water partition coefficient (Wildman–Crippen LogP) is 3.61. The molecule has 0 aliphatic carbocycles. The largest absolute Gasteiger partial charge is 0.497 e. The lowest BCUT2D eigenvalue weighted by atomic mass is 9.79. The maximum absolute atomic E-state index is 14.0. The number of aromatic nitrogens is 2. The van der Waals surface area contributed by atoms with Crippen LogP contribution in [-0.2, 0) is 32.8 Å². The molecule has 9 heteroatoms. The van der Waals surface area contributed by atoms with E-state index in [1.165, 1.54) is 18.5 Å². The summed E-state index contributed by atoms with van der Waals surface area (Å²) in [6.45, 7) is 3.25. The predicted molar refractivity (Wildman–Crippen MR) is 141 cm³/mol. The van der Waals surface area contributed by atoms with Crippen LogP contribution in [0.2, 0.25) is 0 Å². The molecule has 0 spiro atoms. The van der Waals surface area contributed by atoms with E-state index in [1.807, 2.05) is 24.3 Å². The molecule has 1 aliphatic heterocycles. The third-order valence-electron chi connectivity index (χ3n) is 7.23. The van der Waals surface area contributed by atoms with Gasteiger partial charge in [0.25, 0.3) is 0 Å². The Labute approximate surface area is 222 Å². The number of primary amides is 1. The third-order valence-corrected chi connectivity index (χ3v) is 7.23. The van der Waals surface area contributed by atoms with Crippen LogP contribution in [0.3, 0.4) is 0 Å². The van der Waals surface area contributed by atoms with E-state index in [2.05, 4.69) is 16.9 Å². The SMILES string of the molecule is CCCCOC1(c2ccc(F)cc2)CN(C(=O)[C@H](Cc2ccc(OC)cc2)C(Cc2cnc[nH]2)C(N)=O)C1. The van der Waals surface area contributed by atoms with Gasteiger partial charge in [-0.05, 0) is 48.2 Å². The molecule has 0 saturated carbocycles. The molecule has 1 fully saturated rings. The van der Waals surface area contributed by atoms with Crippen LogP contribution in [-0.4, -0.2) is 53.5 Å². The van der Waals surface area contributed by atoms with Crippen molar-refractivity contribution in [3.63, 3.8) is 0 Å². The van der Waals surface area contributed by atoms with Crippen molar-refractivity contribution >= 4 is 11.8 Å². The lowest BCUT2D eigenvalue weighted by molar-refractivity contribution is -0.178. The van der Waals surface area contributed by atoms with Crippen LogP contribution in [0.1, 0.15) is 36.6 Å². The van der Waals surface area contributed by atoms with Crippen molar-refractivity contribution in [2.24, 2.45) is 17.6 Å². The summed E-state index contributed by atoms with van der Waals surface area (Å²) in [5.41, 5.74) is 7.60. The first-order valence-electron chi connectivity index (χ1n) is 12.9. The number of benzene rings is 2. The van der Waals surface area contributed by atoms with E-state index >= 15 is 0 Å². The lowest BCUT2D eigenvalue weighted by Crippen LogP contribution is -2.64. The number of methoxy groups -OCH3 is 1. The van der Waals surface area contributed by atoms with Gasteiger partial charge in [-0.3, -0.25) is 9.59 Å². The van der Waals surface area contributed by atoms with Crippen LogP contribution in [0, 0.1) is 17.7 Å². The second-order valence-electron chi connectivity index (χ2n) is 9.85. The number of halogens is 1. The molecule has 1 aliphatic rings. The van der Waals surface area contributed by atoms with Gasteiger partial charge in [0.2, 0.25) is 11.8 Å². The standard InChI is InChI=1S/C29H35FN4O4/c1-3-4-13-38-29(21-7-9-22(30)10-8-21)17-34(18-29)28(36)26(14-20-5-11-24(37-2)12-6-20)25(27(31)35)15-23-16-32-19-33-23/h5-12,16,19,25-26H,3-4,13-15,17-18H2,1-2H3,(H2,31,35)(H,32,33)/t25?,26-/m1/s1. The molecule has 3 aromatic rings. The van der Waals surface area contributed by atoms with Gasteiger partial charge in [0.1, 0.15) is 17.2 Å². The number of hydrogen-bond donors (Lipinski definition) is 2. The number of amides is 2. The Kier molecular flexibility index (Phi) is 8.78. The molecule has 202 valence electrons. The normalized spacial score (nSPS) is 15.9. The monoisotopic (exact) mass is 522 g/mol. The number of aromatic amines is 1. The molecule has 8 nitrogen and oxygen atoms in total. The van der Waals surface area contributed by atoms with Gasteiger partial charge in [0, 0.05) is 24.9 Å². The highest BCUT2D eigenvalue weighted by atomic mass is 19.1. The Morgan fingerprint density at radius 2 is 1.82 bits per heavy atom. The number of rotatable bonds is 13. The van der Waals surface area contributed by atoms with Crippen LogP contribution in [0.25, 0.3) is 0 Å². The van der Waals surface area contributed by atoms with E-state index in [1.54, 1.807) is 30.3 Å². The lowest BCUT2D eigenvalue weighted by Gasteiger charge is -2.51. The van der Waals surface area contributed by atoms with Crippen LogP contribution < -0.4 is 10.5 Å². The molecule has 38 heavy (non-hydrogen) atoms. The van der Waals surface area contributed by atoms with Gasteiger partial charge in [0.15, 0.2) is 0 Å². The molecule has 2 amide bonds. The molecule has 0 radical (unpaired) electrons. The van der Waals surface area contributed by atoms with E-state index in [4.69, 9.17) is 15.2 Å². The van der Waals surface area contributed by atoms with Crippen molar-refractivity contribution in [2.75, 3.05) is 26.8 Å². The van der Waals surface area contributed by atoms with Gasteiger partial charge in [-0.15, -0.1) is 0 Å². The number of carbonyl (C=O) groups is 2. The molecule has 0 bridgehead atoms. The molecule has 1 unspecified atom stereocenters. The number of imidazole rings is 1. The maximum Gasteiger partial charge on any atom is 0.227 e. The zero-order chi connectivity index (χ0) is 27.1. The average Bonchev–Trinajstić information content (AvgIpc) is 3.41. The fourth-order valence-electron chi connectivity index (χ4n) is 4.97. The minimum Gasteiger partial charge on any atom is -0.497 e. The third kappa shape index (κ3) is 6.22. The number of ether oxygens (including phenoxy) is 2. The number of nitrogens with two attached hydrogens (primary N) is 1. The smallest absolute Gasteiger partial charge is 0.227 e. The van der Waals surface area contributed by atoms with Crippen molar-refractivity contribution < 1.29 is 23.5 Å². The van der Waals surface area contributed by atoms with Gasteiger partial charge in [-0.25, -0.2) is 9.37 Å². The minimum atomic E-state index is -0.744. The molecule has 2 heterocycles. The van der Waals surface area contributed by atoms with Crippen LogP contribution in [0.15, 0.2) is 61.1 Å². The summed E-state index contributed by atoms with van der Waals surface area (Å²) >= 11 is 0. The second-order valence-corrected chi connectivity index (χ2v) is 9.85. The highest BCUT2D eigenvalue weighted by Crippen LogP contribution is 2.38. The summed E-state index contributed by atoms with van der Waals surface area (Å²) in [5, 5.41) is 0. The van der Waals surface area contributed by atoms with Gasteiger partial charge in [-0.2, -0.15) is 0 Å². The Bertz CT molecular complexity index is 1190. The second kappa shape index (κ2) is 12.2. The Morgan fingerprint density at radius 3 is 2.39 bits per heavy atom. The van der Waals surface area contributed by atoms with E-state index in [9.17, 15) is 14.0 Å². The van der Waals surface area contributed by atoms with Crippen LogP contribution >= 0.6 is 0 Å². The number of H-pyrrole nitrogens is 1. The molecular weight excluding hydrogens is 487 g/mol. The highest BCUT2D eigenvalue weighted by Gasteiger charge is 2.50. The minimum absolute atomic E-state index is 0.166. The zero-order valence-corrected chi connectivity index (χ0v) is 21.9. The van der Waals surface area contributed by atoms with E-state index < -0.39 is 23.3 Å². The molecule has 1 saturated heterocycles. The van der Waals surface area contributed by atoms with Crippen molar-refractivity contribution in [3.05, 3.63) is 83.7 Å². The Balaban J connectivity index is 1.59. The number of carbonyl (C=O) groups excluding carboxylic acids is 2. The summed E-state index contributed by atoms with van der Waals surface area (Å²) in [7, 11) is 1.59. The molecule has 4 rings (SSSR count). The number of likely N-dealkylation sites (tertiary alicyclic amines) is 1. The quantitative estimate of drug-likeness (QED) is 0.333. The molecule has 2 aromatic carbocycles. The number of unbranched alkanes of at least 4 members (excludes halogenated alkanes) is 1. The summed E-state index contributed by atoms with van der Waals surface area (Å²) < 4.78 is 25.2. The molecule has 2 atom stereocenters. The summed E-state index contributed by atoms with van der Waals surface area (Å²) in [6.07, 6.45) is 5.63. The number of hydrogen-bond acceptors (Lipinski definition) is 5. The van der Waals surface area contributed by atoms with Gasteiger partial charge >= 0.3 is 0 Å². The first kappa shape index (κ1) is 27.3. The topological polar surface area (TPSA) is 111 Å². The molecule has 1 aromatic heterocycles. The number of nitrogens with zero attached hydrogens (tertiary/aromatic N) is 2. The maximum atomic E-state index is 14.0. The van der Waals surface area contributed by atoms with Gasteiger partial charge in [0.05, 0.1) is 38.4 Å². The summed E-state index contributed by atoms with van der Waals surface area (Å²) in [6, 6.07) is 13.7. The van der Waals surface area contributed by atoms with Crippen LogP contribution in [0.4, 0.5) is 4.39 Å². The van der Waals surface area contributed by atoms with Crippen molar-refractivity contribution in [2.45, 2.75) is 38.2 Å². The van der Waals surface area contributed by atoms with E-state index in [0.717, 1.165) is 29.7 Å². The molecule has 3 N–H and O–H groups in total.